The first-order valence-electron chi connectivity index (χ1n) is 5.66. The zero-order valence-electron chi connectivity index (χ0n) is 9.73. The molecule has 2 nitrogen and oxygen atoms in total. The fourth-order valence-corrected chi connectivity index (χ4v) is 2.96. The summed E-state index contributed by atoms with van der Waals surface area (Å²) in [4.78, 5) is 4.41. The number of hydrogen-bond donors (Lipinski definition) is 0. The maximum atomic E-state index is 5.71. The van der Waals surface area contributed by atoms with Gasteiger partial charge in [-0.1, -0.05) is 12.1 Å². The van der Waals surface area contributed by atoms with Gasteiger partial charge in [0, 0.05) is 11.8 Å². The normalized spacial score (nSPS) is 10.6. The van der Waals surface area contributed by atoms with Crippen molar-refractivity contribution in [1.29, 1.82) is 0 Å². The number of rotatable bonds is 6. The number of aromatic nitrogens is 1. The Hall–Kier alpha value is -0.580. The summed E-state index contributed by atoms with van der Waals surface area (Å²) in [7, 11) is 0. The van der Waals surface area contributed by atoms with Crippen LogP contribution < -0.4 is 4.74 Å². The molecule has 96 valence electrons. The number of ether oxygens (including phenoxy) is 1. The Kier molecular flexibility index (Phi) is 5.47. The second kappa shape index (κ2) is 7.12. The zero-order valence-corrected chi connectivity index (χ0v) is 12.9. The lowest BCUT2D eigenvalue weighted by atomic mass is 10.3. The highest BCUT2D eigenvalue weighted by Gasteiger charge is 2.02. The lowest BCUT2D eigenvalue weighted by Crippen LogP contribution is -1.99. The summed E-state index contributed by atoms with van der Waals surface area (Å²) < 4.78 is 6.69. The first-order chi connectivity index (χ1) is 8.79. The van der Waals surface area contributed by atoms with E-state index in [1.54, 1.807) is 11.3 Å². The molecule has 2 rings (SSSR count). The molecule has 0 aliphatic heterocycles. The van der Waals surface area contributed by atoms with E-state index in [-0.39, 0.29) is 0 Å². The third-order valence-electron chi connectivity index (χ3n) is 2.37. The number of halogens is 2. The van der Waals surface area contributed by atoms with Crippen LogP contribution in [0.2, 0.25) is 0 Å². The van der Waals surface area contributed by atoms with Crippen LogP contribution in [0.4, 0.5) is 0 Å². The molecule has 0 spiro atoms. The predicted molar refractivity (Wildman–Crippen MR) is 79.6 cm³/mol. The van der Waals surface area contributed by atoms with Crippen LogP contribution in [0.25, 0.3) is 0 Å². The monoisotopic (exact) mass is 345 g/mol. The maximum Gasteiger partial charge on any atom is 0.133 e. The van der Waals surface area contributed by atoms with E-state index in [0.29, 0.717) is 12.5 Å². The minimum absolute atomic E-state index is 0.490. The molecule has 1 heterocycles. The van der Waals surface area contributed by atoms with E-state index in [2.05, 4.69) is 20.9 Å². The first-order valence-corrected chi connectivity index (χ1v) is 7.87. The van der Waals surface area contributed by atoms with Crippen LogP contribution in [0.5, 0.6) is 5.75 Å². The molecule has 2 aromatic rings. The predicted octanol–water partition coefficient (Wildman–Crippen LogP) is 4.66. The van der Waals surface area contributed by atoms with Gasteiger partial charge in [-0.2, -0.15) is 0 Å². The van der Waals surface area contributed by atoms with E-state index in [9.17, 15) is 0 Å². The van der Waals surface area contributed by atoms with Gasteiger partial charge >= 0.3 is 0 Å². The van der Waals surface area contributed by atoms with Crippen LogP contribution in [0.1, 0.15) is 17.1 Å². The van der Waals surface area contributed by atoms with E-state index in [4.69, 9.17) is 16.3 Å². The Labute approximate surface area is 124 Å². The molecule has 0 unspecified atom stereocenters. The zero-order chi connectivity index (χ0) is 12.8. The van der Waals surface area contributed by atoms with Gasteiger partial charge in [0.2, 0.25) is 0 Å². The molecular formula is C13H13BrClNOS. The minimum Gasteiger partial charge on any atom is -0.492 e. The number of hydrogen-bond acceptors (Lipinski definition) is 3. The van der Waals surface area contributed by atoms with Crippen molar-refractivity contribution in [1.82, 2.24) is 4.98 Å². The first kappa shape index (κ1) is 13.8. The Bertz CT molecular complexity index is 503. The molecule has 0 fully saturated rings. The third kappa shape index (κ3) is 3.97. The van der Waals surface area contributed by atoms with Gasteiger partial charge in [-0.15, -0.1) is 22.9 Å². The van der Waals surface area contributed by atoms with Crippen LogP contribution in [-0.2, 0) is 12.3 Å². The fourth-order valence-electron chi connectivity index (χ4n) is 1.49. The summed E-state index contributed by atoms with van der Waals surface area (Å²) in [6.07, 6.45) is 1.89. The molecule has 5 heteroatoms. The van der Waals surface area contributed by atoms with Gasteiger partial charge in [0.1, 0.15) is 5.75 Å². The molecular weight excluding hydrogens is 334 g/mol. The van der Waals surface area contributed by atoms with Gasteiger partial charge in [-0.3, -0.25) is 0 Å². The van der Waals surface area contributed by atoms with Crippen molar-refractivity contribution in [3.05, 3.63) is 44.8 Å². The lowest BCUT2D eigenvalue weighted by Gasteiger charge is -2.06. The van der Waals surface area contributed by atoms with Crippen molar-refractivity contribution in [3.63, 3.8) is 0 Å². The molecule has 0 N–H and O–H groups in total. The van der Waals surface area contributed by atoms with Crippen molar-refractivity contribution < 1.29 is 4.74 Å². The smallest absolute Gasteiger partial charge is 0.133 e. The number of para-hydroxylation sites is 1. The summed E-state index contributed by atoms with van der Waals surface area (Å²) in [5, 5.41) is 3.14. The van der Waals surface area contributed by atoms with Crippen molar-refractivity contribution in [2.24, 2.45) is 0 Å². The van der Waals surface area contributed by atoms with E-state index >= 15 is 0 Å². The highest BCUT2D eigenvalue weighted by Crippen LogP contribution is 2.24. The average Bonchev–Trinajstić information content (AvgIpc) is 2.84. The van der Waals surface area contributed by atoms with Crippen molar-refractivity contribution >= 4 is 38.9 Å². The molecule has 1 aromatic carbocycles. The van der Waals surface area contributed by atoms with Crippen LogP contribution >= 0.6 is 38.9 Å². The Morgan fingerprint density at radius 2 is 2.17 bits per heavy atom. The Morgan fingerprint density at radius 3 is 2.89 bits per heavy atom. The molecule has 0 amide bonds. The van der Waals surface area contributed by atoms with Gasteiger partial charge in [0.25, 0.3) is 0 Å². The number of benzene rings is 1. The largest absolute Gasteiger partial charge is 0.492 e. The molecule has 0 atom stereocenters. The standard InChI is InChI=1S/C13H13BrClNOS/c14-11-4-1-2-5-12(11)17-7-3-6-13-16-10(8-15)9-18-13/h1-2,4-5,9H,3,6-8H2. The van der Waals surface area contributed by atoms with Gasteiger partial charge in [0.15, 0.2) is 0 Å². The van der Waals surface area contributed by atoms with Gasteiger partial charge < -0.3 is 4.74 Å². The van der Waals surface area contributed by atoms with E-state index in [1.165, 1.54) is 0 Å². The highest BCUT2D eigenvalue weighted by molar-refractivity contribution is 9.10. The number of nitrogens with zero attached hydrogens (tertiary/aromatic N) is 1. The number of alkyl halides is 1. The highest BCUT2D eigenvalue weighted by atomic mass is 79.9. The average molecular weight is 347 g/mol. The Morgan fingerprint density at radius 1 is 1.33 bits per heavy atom. The van der Waals surface area contributed by atoms with Crippen LogP contribution in [-0.4, -0.2) is 11.6 Å². The summed E-state index contributed by atoms with van der Waals surface area (Å²) >= 11 is 10.8. The van der Waals surface area contributed by atoms with Gasteiger partial charge in [-0.25, -0.2) is 4.98 Å². The van der Waals surface area contributed by atoms with Gasteiger partial charge in [-0.05, 0) is 34.5 Å². The second-order valence-corrected chi connectivity index (χ2v) is 5.81. The molecule has 0 bridgehead atoms. The number of aryl methyl sites for hydroxylation is 1. The molecule has 0 aliphatic rings. The summed E-state index contributed by atoms with van der Waals surface area (Å²) in [5.74, 6) is 1.38. The maximum absolute atomic E-state index is 5.71. The molecule has 0 radical (unpaired) electrons. The van der Waals surface area contributed by atoms with E-state index < -0.39 is 0 Å². The molecule has 18 heavy (non-hydrogen) atoms. The lowest BCUT2D eigenvalue weighted by molar-refractivity contribution is 0.309. The van der Waals surface area contributed by atoms with Crippen molar-refractivity contribution in [2.45, 2.75) is 18.7 Å². The van der Waals surface area contributed by atoms with Crippen LogP contribution in [0.15, 0.2) is 34.1 Å². The molecule has 0 aliphatic carbocycles. The molecule has 0 saturated carbocycles. The Balaban J connectivity index is 1.74. The van der Waals surface area contributed by atoms with Crippen molar-refractivity contribution in [3.8, 4) is 5.75 Å². The summed E-state index contributed by atoms with van der Waals surface area (Å²) in [6, 6.07) is 7.87. The van der Waals surface area contributed by atoms with E-state index in [0.717, 1.165) is 33.8 Å². The third-order valence-corrected chi connectivity index (χ3v) is 4.25. The van der Waals surface area contributed by atoms with Crippen LogP contribution in [0, 0.1) is 0 Å². The number of thiazole rings is 1. The topological polar surface area (TPSA) is 22.1 Å². The SMILES string of the molecule is ClCc1csc(CCCOc2ccccc2Br)n1. The summed E-state index contributed by atoms with van der Waals surface area (Å²) in [6.45, 7) is 0.693. The molecule has 1 aromatic heterocycles. The summed E-state index contributed by atoms with van der Waals surface area (Å²) in [5.41, 5.74) is 0.961. The molecule has 0 saturated heterocycles. The minimum atomic E-state index is 0.490. The fraction of sp³-hybridized carbons (Fsp3) is 0.308. The quantitative estimate of drug-likeness (QED) is 0.561. The van der Waals surface area contributed by atoms with Crippen LogP contribution in [0.3, 0.4) is 0 Å². The second-order valence-electron chi connectivity index (χ2n) is 3.75. The van der Waals surface area contributed by atoms with Crippen molar-refractivity contribution in [2.75, 3.05) is 6.61 Å². The van der Waals surface area contributed by atoms with E-state index in [1.807, 2.05) is 29.6 Å². The van der Waals surface area contributed by atoms with Gasteiger partial charge in [0.05, 0.1) is 27.7 Å².